The number of rotatable bonds is 5. The number of hydrogen-bond donors (Lipinski definition) is 1. The Labute approximate surface area is 143 Å². The average Bonchev–Trinajstić information content (AvgIpc) is 2.36. The number of aliphatic hydroxyl groups excluding tert-OH is 1. The maximum absolute atomic E-state index is 10.1. The van der Waals surface area contributed by atoms with Crippen molar-refractivity contribution in [2.75, 3.05) is 26.2 Å². The number of nitrogens with zero attached hydrogens (tertiary/aromatic N) is 1. The van der Waals surface area contributed by atoms with E-state index in [-0.39, 0.29) is 31.2 Å². The second kappa shape index (κ2) is 8.94. The summed E-state index contributed by atoms with van der Waals surface area (Å²) in [5.41, 5.74) is 0.975. The van der Waals surface area contributed by atoms with E-state index < -0.39 is 6.10 Å². The van der Waals surface area contributed by atoms with Crippen molar-refractivity contribution >= 4 is 24.0 Å². The molecule has 22 heavy (non-hydrogen) atoms. The summed E-state index contributed by atoms with van der Waals surface area (Å²) in [5, 5.41) is 10.8. The van der Waals surface area contributed by atoms with Gasteiger partial charge in [0.05, 0.1) is 12.2 Å². The molecule has 0 radical (unpaired) electrons. The van der Waals surface area contributed by atoms with Crippen LogP contribution in [-0.4, -0.2) is 54.6 Å². The number of benzene rings is 1. The number of ether oxygens (including phenoxy) is 2. The molecule has 1 aliphatic rings. The minimum atomic E-state index is -0.516. The van der Waals surface area contributed by atoms with Crippen LogP contribution in [0.5, 0.6) is 5.75 Å². The molecule has 3 unspecified atom stereocenters. The van der Waals surface area contributed by atoms with Gasteiger partial charge in [0.1, 0.15) is 18.5 Å². The largest absolute Gasteiger partial charge is 0.491 e. The van der Waals surface area contributed by atoms with E-state index in [1.165, 1.54) is 0 Å². The molecule has 0 aromatic heterocycles. The number of halogens is 2. The molecule has 3 atom stereocenters. The fourth-order valence-corrected chi connectivity index (χ4v) is 2.97. The minimum Gasteiger partial charge on any atom is -0.491 e. The van der Waals surface area contributed by atoms with Crippen LogP contribution >= 0.6 is 24.0 Å². The predicted molar refractivity (Wildman–Crippen MR) is 91.4 cm³/mol. The molecular formula is C16H25Cl2NO3. The first-order chi connectivity index (χ1) is 9.94. The van der Waals surface area contributed by atoms with E-state index >= 15 is 0 Å². The van der Waals surface area contributed by atoms with Crippen molar-refractivity contribution in [1.29, 1.82) is 0 Å². The topological polar surface area (TPSA) is 41.9 Å². The van der Waals surface area contributed by atoms with Crippen LogP contribution < -0.4 is 4.74 Å². The van der Waals surface area contributed by atoms with Gasteiger partial charge in [-0.15, -0.1) is 12.4 Å². The van der Waals surface area contributed by atoms with Gasteiger partial charge in [-0.25, -0.2) is 0 Å². The number of β-amino-alcohol motifs (C(OH)–C–C–N with tert-alkyl or cyclic N) is 1. The quantitative estimate of drug-likeness (QED) is 0.887. The summed E-state index contributed by atoms with van der Waals surface area (Å²) in [6.45, 7) is 8.64. The van der Waals surface area contributed by atoms with Gasteiger partial charge in [0, 0.05) is 24.7 Å². The van der Waals surface area contributed by atoms with Gasteiger partial charge in [0.25, 0.3) is 0 Å². The van der Waals surface area contributed by atoms with Gasteiger partial charge in [0.15, 0.2) is 0 Å². The Morgan fingerprint density at radius 1 is 1.36 bits per heavy atom. The summed E-state index contributed by atoms with van der Waals surface area (Å²) in [6, 6.07) is 5.49. The molecule has 1 fully saturated rings. The van der Waals surface area contributed by atoms with Gasteiger partial charge < -0.3 is 14.6 Å². The van der Waals surface area contributed by atoms with E-state index in [2.05, 4.69) is 18.7 Å². The van der Waals surface area contributed by atoms with Crippen molar-refractivity contribution in [3.8, 4) is 5.75 Å². The second-order valence-electron chi connectivity index (χ2n) is 5.85. The molecule has 1 saturated heterocycles. The van der Waals surface area contributed by atoms with Crippen molar-refractivity contribution in [3.63, 3.8) is 0 Å². The first kappa shape index (κ1) is 19.5. The summed E-state index contributed by atoms with van der Waals surface area (Å²) in [7, 11) is 0. The maximum Gasteiger partial charge on any atom is 0.122 e. The Bertz CT molecular complexity index is 463. The number of morpholine rings is 1. The third-order valence-electron chi connectivity index (χ3n) is 3.53. The predicted octanol–water partition coefficient (Wildman–Crippen LogP) is 2.92. The first-order valence-corrected chi connectivity index (χ1v) is 7.76. The van der Waals surface area contributed by atoms with E-state index in [0.29, 0.717) is 11.6 Å². The molecule has 0 bridgehead atoms. The average molecular weight is 350 g/mol. The van der Waals surface area contributed by atoms with E-state index in [4.69, 9.17) is 21.1 Å². The fourth-order valence-electron chi connectivity index (χ4n) is 2.74. The molecule has 126 valence electrons. The molecule has 0 aliphatic carbocycles. The standard InChI is InChI=1S/C16H24ClNO3.ClH/c1-11-6-14(17)4-5-16(11)20-10-15(19)9-18-7-12(2)21-13(3)8-18;/h4-6,12-13,15,19H,7-10H2,1-3H3;1H. The first-order valence-electron chi connectivity index (χ1n) is 7.39. The lowest BCUT2D eigenvalue weighted by Gasteiger charge is -2.36. The molecule has 1 aromatic carbocycles. The van der Waals surface area contributed by atoms with Crippen LogP contribution in [0.1, 0.15) is 19.4 Å². The number of aryl methyl sites for hydroxylation is 1. The summed E-state index contributed by atoms with van der Waals surface area (Å²) in [6.07, 6.45) is -0.0988. The van der Waals surface area contributed by atoms with Crippen LogP contribution in [0, 0.1) is 6.92 Å². The van der Waals surface area contributed by atoms with Crippen molar-refractivity contribution in [2.24, 2.45) is 0 Å². The van der Waals surface area contributed by atoms with Gasteiger partial charge in [-0.05, 0) is 44.5 Å². The zero-order chi connectivity index (χ0) is 15.4. The van der Waals surface area contributed by atoms with Crippen LogP contribution in [0.2, 0.25) is 5.02 Å². The third kappa shape index (κ3) is 5.94. The normalized spacial score (nSPS) is 23.7. The lowest BCUT2D eigenvalue weighted by molar-refractivity contribution is -0.0786. The molecule has 6 heteroatoms. The van der Waals surface area contributed by atoms with Crippen LogP contribution in [0.4, 0.5) is 0 Å². The van der Waals surface area contributed by atoms with Gasteiger partial charge in [-0.3, -0.25) is 4.90 Å². The molecule has 1 N–H and O–H groups in total. The zero-order valence-electron chi connectivity index (χ0n) is 13.3. The number of aliphatic hydroxyl groups is 1. The summed E-state index contributed by atoms with van der Waals surface area (Å²) < 4.78 is 11.4. The van der Waals surface area contributed by atoms with E-state index in [1.54, 1.807) is 6.07 Å². The summed E-state index contributed by atoms with van der Waals surface area (Å²) in [4.78, 5) is 2.22. The third-order valence-corrected chi connectivity index (χ3v) is 3.77. The lowest BCUT2D eigenvalue weighted by Crippen LogP contribution is -2.48. The fraction of sp³-hybridized carbons (Fsp3) is 0.625. The lowest BCUT2D eigenvalue weighted by atomic mass is 10.2. The van der Waals surface area contributed by atoms with Crippen molar-refractivity contribution in [2.45, 2.75) is 39.1 Å². The molecule has 0 saturated carbocycles. The minimum absolute atomic E-state index is 0. The zero-order valence-corrected chi connectivity index (χ0v) is 14.9. The Morgan fingerprint density at radius 3 is 2.59 bits per heavy atom. The summed E-state index contributed by atoms with van der Waals surface area (Å²) in [5.74, 6) is 0.766. The summed E-state index contributed by atoms with van der Waals surface area (Å²) >= 11 is 5.91. The van der Waals surface area contributed by atoms with Gasteiger partial charge >= 0.3 is 0 Å². The molecular weight excluding hydrogens is 325 g/mol. The van der Waals surface area contributed by atoms with Crippen LogP contribution in [0.15, 0.2) is 18.2 Å². The van der Waals surface area contributed by atoms with Crippen molar-refractivity contribution in [1.82, 2.24) is 4.90 Å². The van der Waals surface area contributed by atoms with Crippen molar-refractivity contribution < 1.29 is 14.6 Å². The Morgan fingerprint density at radius 2 is 2.00 bits per heavy atom. The highest BCUT2D eigenvalue weighted by molar-refractivity contribution is 6.30. The number of hydrogen-bond acceptors (Lipinski definition) is 4. The van der Waals surface area contributed by atoms with E-state index in [1.807, 2.05) is 19.1 Å². The van der Waals surface area contributed by atoms with Gasteiger partial charge in [0.2, 0.25) is 0 Å². The molecule has 1 aliphatic heterocycles. The highest BCUT2D eigenvalue weighted by Gasteiger charge is 2.23. The van der Waals surface area contributed by atoms with Gasteiger partial charge in [-0.2, -0.15) is 0 Å². The van der Waals surface area contributed by atoms with E-state index in [9.17, 15) is 5.11 Å². The monoisotopic (exact) mass is 349 g/mol. The van der Waals surface area contributed by atoms with Crippen LogP contribution in [0.25, 0.3) is 0 Å². The van der Waals surface area contributed by atoms with Crippen molar-refractivity contribution in [3.05, 3.63) is 28.8 Å². The molecule has 4 nitrogen and oxygen atoms in total. The molecule has 0 amide bonds. The molecule has 0 spiro atoms. The molecule has 1 aromatic rings. The maximum atomic E-state index is 10.1. The van der Waals surface area contributed by atoms with Gasteiger partial charge in [-0.1, -0.05) is 11.6 Å². The van der Waals surface area contributed by atoms with Crippen LogP contribution in [0.3, 0.4) is 0 Å². The Balaban J connectivity index is 0.00000242. The SMILES string of the molecule is Cc1cc(Cl)ccc1OCC(O)CN1CC(C)OC(C)C1.Cl. The second-order valence-corrected chi connectivity index (χ2v) is 6.29. The Hall–Kier alpha value is -0.520. The van der Waals surface area contributed by atoms with E-state index in [0.717, 1.165) is 24.4 Å². The Kier molecular flexibility index (Phi) is 7.94. The molecule has 2 rings (SSSR count). The van der Waals surface area contributed by atoms with Crippen LogP contribution in [-0.2, 0) is 4.74 Å². The smallest absolute Gasteiger partial charge is 0.122 e. The highest BCUT2D eigenvalue weighted by atomic mass is 35.5. The highest BCUT2D eigenvalue weighted by Crippen LogP contribution is 2.22. The molecule has 1 heterocycles.